The predicted octanol–water partition coefficient (Wildman–Crippen LogP) is 1.97. The van der Waals surface area contributed by atoms with E-state index in [0.717, 1.165) is 10.6 Å². The number of fused-ring (bicyclic) bond motifs is 1. The first-order valence-corrected chi connectivity index (χ1v) is 7.66. The molecule has 0 radical (unpaired) electrons. The van der Waals surface area contributed by atoms with Crippen LogP contribution in [0.25, 0.3) is 5.52 Å². The molecule has 132 valence electrons. The maximum absolute atomic E-state index is 14.0. The molecule has 0 aliphatic carbocycles. The first-order valence-electron chi connectivity index (χ1n) is 7.66. The van der Waals surface area contributed by atoms with Gasteiger partial charge in [-0.3, -0.25) is 0 Å². The van der Waals surface area contributed by atoms with Gasteiger partial charge in [0.05, 0.1) is 36.1 Å². The summed E-state index contributed by atoms with van der Waals surface area (Å²) in [5, 5.41) is 17.0. The molecule has 2 aromatic rings. The lowest BCUT2D eigenvalue weighted by Gasteiger charge is -2.28. The van der Waals surface area contributed by atoms with Crippen LogP contribution in [0.3, 0.4) is 0 Å². The molecule has 1 aliphatic heterocycles. The number of rotatable bonds is 4. The molecule has 3 rings (SSSR count). The molecule has 1 fully saturated rings. The van der Waals surface area contributed by atoms with Crippen molar-refractivity contribution in [2.24, 2.45) is 0 Å². The van der Waals surface area contributed by atoms with Crippen molar-refractivity contribution in [3.05, 3.63) is 23.8 Å². The summed E-state index contributed by atoms with van der Waals surface area (Å²) in [4.78, 5) is 4.01. The SMILES string of the molecule is CC(C)(c1cc(F)c2cnc(N[C@@H]3CCOC[C@H]3O)nn12)C(F)F. The van der Waals surface area contributed by atoms with Crippen LogP contribution in [-0.2, 0) is 10.2 Å². The van der Waals surface area contributed by atoms with Crippen molar-refractivity contribution in [2.45, 2.75) is 44.3 Å². The average molecular weight is 344 g/mol. The van der Waals surface area contributed by atoms with Crippen molar-refractivity contribution in [1.29, 1.82) is 0 Å². The zero-order valence-corrected chi connectivity index (χ0v) is 13.3. The van der Waals surface area contributed by atoms with Crippen LogP contribution in [0, 0.1) is 5.82 Å². The van der Waals surface area contributed by atoms with E-state index in [9.17, 15) is 18.3 Å². The van der Waals surface area contributed by atoms with E-state index >= 15 is 0 Å². The Morgan fingerprint density at radius 2 is 2.21 bits per heavy atom. The molecular weight excluding hydrogens is 325 g/mol. The molecule has 0 amide bonds. The highest BCUT2D eigenvalue weighted by atomic mass is 19.3. The molecule has 2 N–H and O–H groups in total. The number of halogens is 3. The van der Waals surface area contributed by atoms with Gasteiger partial charge in [0.2, 0.25) is 12.4 Å². The molecule has 9 heteroatoms. The second-order valence-corrected chi connectivity index (χ2v) is 6.46. The van der Waals surface area contributed by atoms with Crippen molar-refractivity contribution >= 4 is 11.5 Å². The fourth-order valence-corrected chi connectivity index (χ4v) is 2.65. The van der Waals surface area contributed by atoms with Gasteiger partial charge in [-0.2, -0.15) is 0 Å². The number of nitrogens with zero attached hydrogens (tertiary/aromatic N) is 3. The number of alkyl halides is 2. The Balaban J connectivity index is 1.97. The Morgan fingerprint density at radius 1 is 1.46 bits per heavy atom. The van der Waals surface area contributed by atoms with Gasteiger partial charge in [0.25, 0.3) is 0 Å². The van der Waals surface area contributed by atoms with Crippen molar-refractivity contribution in [3.8, 4) is 0 Å². The molecule has 0 aromatic carbocycles. The van der Waals surface area contributed by atoms with Crippen LogP contribution < -0.4 is 5.32 Å². The number of ether oxygens (including phenoxy) is 1. The smallest absolute Gasteiger partial charge is 0.249 e. The van der Waals surface area contributed by atoms with Gasteiger partial charge in [0.15, 0.2) is 5.82 Å². The Hall–Kier alpha value is -1.87. The maximum atomic E-state index is 14.0. The van der Waals surface area contributed by atoms with Crippen molar-refractivity contribution in [1.82, 2.24) is 14.6 Å². The van der Waals surface area contributed by atoms with E-state index in [1.54, 1.807) is 0 Å². The van der Waals surface area contributed by atoms with Gasteiger partial charge in [0, 0.05) is 6.61 Å². The Labute approximate surface area is 136 Å². The lowest BCUT2D eigenvalue weighted by molar-refractivity contribution is -0.0136. The Kier molecular flexibility index (Phi) is 4.39. The average Bonchev–Trinajstić information content (AvgIpc) is 2.87. The molecule has 2 aromatic heterocycles. The summed E-state index contributed by atoms with van der Waals surface area (Å²) < 4.78 is 47.0. The summed E-state index contributed by atoms with van der Waals surface area (Å²) in [6.07, 6.45) is -1.62. The third-order valence-electron chi connectivity index (χ3n) is 4.31. The second kappa shape index (κ2) is 6.21. The Morgan fingerprint density at radius 3 is 2.88 bits per heavy atom. The Bertz CT molecular complexity index is 735. The van der Waals surface area contributed by atoms with Crippen LogP contribution in [0.1, 0.15) is 26.0 Å². The molecule has 0 saturated carbocycles. The number of aliphatic hydroxyl groups is 1. The topological polar surface area (TPSA) is 71.7 Å². The molecule has 1 aliphatic rings. The van der Waals surface area contributed by atoms with Gasteiger partial charge in [-0.1, -0.05) is 0 Å². The third-order valence-corrected chi connectivity index (χ3v) is 4.31. The summed E-state index contributed by atoms with van der Waals surface area (Å²) >= 11 is 0. The lowest BCUT2D eigenvalue weighted by Crippen LogP contribution is -2.42. The van der Waals surface area contributed by atoms with Gasteiger partial charge in [0.1, 0.15) is 5.52 Å². The van der Waals surface area contributed by atoms with Crippen molar-refractivity contribution in [2.75, 3.05) is 18.5 Å². The zero-order valence-electron chi connectivity index (χ0n) is 13.3. The summed E-state index contributed by atoms with van der Waals surface area (Å²) in [5.74, 6) is -0.522. The van der Waals surface area contributed by atoms with Gasteiger partial charge < -0.3 is 15.2 Å². The summed E-state index contributed by atoms with van der Waals surface area (Å²) in [6, 6.07) is 0.742. The highest BCUT2D eigenvalue weighted by Gasteiger charge is 2.36. The van der Waals surface area contributed by atoms with E-state index in [1.807, 2.05) is 0 Å². The van der Waals surface area contributed by atoms with Crippen LogP contribution in [0.5, 0.6) is 0 Å². The molecule has 24 heavy (non-hydrogen) atoms. The molecule has 2 atom stereocenters. The largest absolute Gasteiger partial charge is 0.389 e. The normalized spacial score (nSPS) is 22.3. The highest BCUT2D eigenvalue weighted by Crippen LogP contribution is 2.32. The molecule has 0 bridgehead atoms. The van der Waals surface area contributed by atoms with Crippen molar-refractivity contribution in [3.63, 3.8) is 0 Å². The standard InChI is InChI=1S/C15H19F3N4O2/c1-15(2,13(17)18)12-5-8(16)10-6-19-14(21-22(10)12)20-9-3-4-24-7-11(9)23/h5-6,9,11,13,23H,3-4,7H2,1-2H3,(H,20,21)/t9-,11-/m1/s1. The van der Waals surface area contributed by atoms with Crippen LogP contribution >= 0.6 is 0 Å². The first kappa shape index (κ1) is 17.0. The molecule has 1 saturated heterocycles. The molecule has 0 unspecified atom stereocenters. The van der Waals surface area contributed by atoms with E-state index in [-0.39, 0.29) is 29.8 Å². The van der Waals surface area contributed by atoms with Crippen LogP contribution in [0.2, 0.25) is 0 Å². The predicted molar refractivity (Wildman–Crippen MR) is 80.8 cm³/mol. The van der Waals surface area contributed by atoms with Crippen LogP contribution in [-0.4, -0.2) is 51.5 Å². The summed E-state index contributed by atoms with van der Waals surface area (Å²) in [5.41, 5.74) is -1.49. The molecular formula is C15H19F3N4O2. The zero-order chi connectivity index (χ0) is 17.5. The van der Waals surface area contributed by atoms with E-state index in [1.165, 1.54) is 20.0 Å². The molecule has 6 nitrogen and oxygen atoms in total. The lowest BCUT2D eigenvalue weighted by atomic mass is 9.90. The molecule has 3 heterocycles. The minimum atomic E-state index is -2.68. The minimum Gasteiger partial charge on any atom is -0.389 e. The van der Waals surface area contributed by atoms with E-state index in [4.69, 9.17) is 4.74 Å². The van der Waals surface area contributed by atoms with Crippen molar-refractivity contribution < 1.29 is 23.0 Å². The number of aliphatic hydroxyl groups excluding tert-OH is 1. The monoisotopic (exact) mass is 344 g/mol. The molecule has 0 spiro atoms. The fourth-order valence-electron chi connectivity index (χ4n) is 2.65. The van der Waals surface area contributed by atoms with E-state index in [2.05, 4.69) is 15.4 Å². The number of nitrogens with one attached hydrogen (secondary N) is 1. The summed E-state index contributed by atoms with van der Waals surface area (Å²) in [7, 11) is 0. The summed E-state index contributed by atoms with van der Waals surface area (Å²) in [6.45, 7) is 3.34. The number of aromatic nitrogens is 3. The van der Waals surface area contributed by atoms with Gasteiger partial charge in [-0.25, -0.2) is 22.7 Å². The minimum absolute atomic E-state index is 0.0248. The van der Waals surface area contributed by atoms with Crippen LogP contribution in [0.15, 0.2) is 12.3 Å². The number of anilines is 1. The quantitative estimate of drug-likeness (QED) is 0.887. The highest BCUT2D eigenvalue weighted by molar-refractivity contribution is 5.51. The number of hydrogen-bond donors (Lipinski definition) is 2. The van der Waals surface area contributed by atoms with Crippen LogP contribution in [0.4, 0.5) is 19.1 Å². The van der Waals surface area contributed by atoms with E-state index < -0.39 is 23.8 Å². The van der Waals surface area contributed by atoms with Gasteiger partial charge in [-0.05, 0) is 26.3 Å². The third kappa shape index (κ3) is 2.93. The number of hydrogen-bond acceptors (Lipinski definition) is 5. The second-order valence-electron chi connectivity index (χ2n) is 6.46. The maximum Gasteiger partial charge on any atom is 0.249 e. The van der Waals surface area contributed by atoms with E-state index in [0.29, 0.717) is 13.0 Å². The first-order chi connectivity index (χ1) is 11.3. The van der Waals surface area contributed by atoms with Gasteiger partial charge in [-0.15, -0.1) is 5.10 Å². The fraction of sp³-hybridized carbons (Fsp3) is 0.600. The van der Waals surface area contributed by atoms with Gasteiger partial charge >= 0.3 is 0 Å².